The molecular weight excluding hydrogens is 232 g/mol. The van der Waals surface area contributed by atoms with Crippen molar-refractivity contribution in [1.82, 2.24) is 0 Å². The highest BCUT2D eigenvalue weighted by Gasteiger charge is 2.33. The summed E-state index contributed by atoms with van der Waals surface area (Å²) in [5, 5.41) is 1.68. The molecule has 1 aliphatic rings. The van der Waals surface area contributed by atoms with Crippen molar-refractivity contribution in [2.75, 3.05) is 0 Å². The normalized spacial score (nSPS) is 16.9. The van der Waals surface area contributed by atoms with Gasteiger partial charge in [0.2, 0.25) is 0 Å². The van der Waals surface area contributed by atoms with Gasteiger partial charge in [0, 0.05) is 5.39 Å². The quantitative estimate of drug-likeness (QED) is 0.815. The molecule has 3 rings (SSSR count). The van der Waals surface area contributed by atoms with Gasteiger partial charge in [-0.1, -0.05) is 42.8 Å². The standard InChI is InChI=1S/C14H14O2S/c15-17(16,12-7-4-8-12)14-10-3-6-11-5-1-2-9-13(11)14/h1-3,5-6,9-10,12H,4,7-8H2. The molecule has 1 fully saturated rings. The molecule has 0 heterocycles. The molecule has 0 radical (unpaired) electrons. The van der Waals surface area contributed by atoms with Crippen molar-refractivity contribution in [2.24, 2.45) is 0 Å². The van der Waals surface area contributed by atoms with Crippen molar-refractivity contribution in [3.63, 3.8) is 0 Å². The molecule has 0 aliphatic heterocycles. The average molecular weight is 246 g/mol. The molecule has 0 bridgehead atoms. The van der Waals surface area contributed by atoms with Crippen LogP contribution in [-0.2, 0) is 9.84 Å². The first-order chi connectivity index (χ1) is 8.19. The van der Waals surface area contributed by atoms with E-state index in [1.54, 1.807) is 6.07 Å². The second-order valence-electron chi connectivity index (χ2n) is 4.58. The zero-order chi connectivity index (χ0) is 11.9. The van der Waals surface area contributed by atoms with E-state index < -0.39 is 9.84 Å². The van der Waals surface area contributed by atoms with Gasteiger partial charge in [0.05, 0.1) is 10.1 Å². The number of hydrogen-bond acceptors (Lipinski definition) is 2. The molecule has 3 heteroatoms. The molecule has 0 aromatic heterocycles. The van der Waals surface area contributed by atoms with E-state index in [1.807, 2.05) is 36.4 Å². The molecular formula is C14H14O2S. The molecule has 0 N–H and O–H groups in total. The highest BCUT2D eigenvalue weighted by molar-refractivity contribution is 7.92. The zero-order valence-corrected chi connectivity index (χ0v) is 10.3. The first-order valence-corrected chi connectivity index (χ1v) is 7.46. The van der Waals surface area contributed by atoms with Gasteiger partial charge >= 0.3 is 0 Å². The van der Waals surface area contributed by atoms with E-state index in [0.29, 0.717) is 4.90 Å². The van der Waals surface area contributed by atoms with Crippen LogP contribution in [0.2, 0.25) is 0 Å². The molecule has 1 saturated carbocycles. The Kier molecular flexibility index (Phi) is 2.44. The summed E-state index contributed by atoms with van der Waals surface area (Å²) in [6, 6.07) is 13.2. The summed E-state index contributed by atoms with van der Waals surface area (Å²) in [6.07, 6.45) is 2.66. The summed E-state index contributed by atoms with van der Waals surface area (Å²) in [5.41, 5.74) is 0. The molecule has 2 nitrogen and oxygen atoms in total. The number of benzene rings is 2. The Labute approximate surface area is 101 Å². The van der Waals surface area contributed by atoms with E-state index in [-0.39, 0.29) is 5.25 Å². The van der Waals surface area contributed by atoms with Gasteiger partial charge in [-0.15, -0.1) is 0 Å². The van der Waals surface area contributed by atoms with Gasteiger partial charge in [0.15, 0.2) is 9.84 Å². The third-order valence-electron chi connectivity index (χ3n) is 3.55. The van der Waals surface area contributed by atoms with Crippen molar-refractivity contribution in [3.05, 3.63) is 42.5 Å². The number of rotatable bonds is 2. The SMILES string of the molecule is O=S(=O)(c1cccc2ccccc12)C1CCC1. The Morgan fingerprint density at radius 3 is 2.35 bits per heavy atom. The Bertz CT molecular complexity index is 649. The van der Waals surface area contributed by atoms with Gasteiger partial charge in [-0.05, 0) is 24.3 Å². The van der Waals surface area contributed by atoms with Gasteiger partial charge < -0.3 is 0 Å². The first kappa shape index (κ1) is 10.8. The monoisotopic (exact) mass is 246 g/mol. The maximum Gasteiger partial charge on any atom is 0.181 e. The maximum atomic E-state index is 12.4. The van der Waals surface area contributed by atoms with Gasteiger partial charge in [-0.3, -0.25) is 0 Å². The fourth-order valence-electron chi connectivity index (χ4n) is 2.30. The van der Waals surface area contributed by atoms with Crippen LogP contribution in [0.5, 0.6) is 0 Å². The average Bonchev–Trinajstić information content (AvgIpc) is 2.25. The van der Waals surface area contributed by atoms with E-state index in [4.69, 9.17) is 0 Å². The van der Waals surface area contributed by atoms with Gasteiger partial charge in [-0.2, -0.15) is 0 Å². The van der Waals surface area contributed by atoms with Crippen LogP contribution in [-0.4, -0.2) is 13.7 Å². The van der Waals surface area contributed by atoms with Crippen LogP contribution in [0.4, 0.5) is 0 Å². The Hall–Kier alpha value is -1.35. The largest absolute Gasteiger partial charge is 0.223 e. The molecule has 2 aromatic carbocycles. The molecule has 88 valence electrons. The van der Waals surface area contributed by atoms with Crippen molar-refractivity contribution >= 4 is 20.6 Å². The van der Waals surface area contributed by atoms with E-state index in [9.17, 15) is 8.42 Å². The molecule has 0 amide bonds. The van der Waals surface area contributed by atoms with Crippen molar-refractivity contribution < 1.29 is 8.42 Å². The minimum atomic E-state index is -3.13. The maximum absolute atomic E-state index is 12.4. The van der Waals surface area contributed by atoms with Gasteiger partial charge in [0.1, 0.15) is 0 Å². The molecule has 0 unspecified atom stereocenters. The molecule has 1 aliphatic carbocycles. The third kappa shape index (κ3) is 1.65. The highest BCUT2D eigenvalue weighted by Crippen LogP contribution is 2.34. The van der Waals surface area contributed by atoms with Gasteiger partial charge in [0.25, 0.3) is 0 Å². The molecule has 0 atom stereocenters. The van der Waals surface area contributed by atoms with E-state index >= 15 is 0 Å². The van der Waals surface area contributed by atoms with Crippen molar-refractivity contribution in [3.8, 4) is 0 Å². The third-order valence-corrected chi connectivity index (χ3v) is 5.87. The summed E-state index contributed by atoms with van der Waals surface area (Å²) >= 11 is 0. The molecule has 0 saturated heterocycles. The zero-order valence-electron chi connectivity index (χ0n) is 9.46. The summed E-state index contributed by atoms with van der Waals surface area (Å²) in [4.78, 5) is 0.500. The smallest absolute Gasteiger partial charge is 0.181 e. The topological polar surface area (TPSA) is 34.1 Å². The number of sulfone groups is 1. The van der Waals surface area contributed by atoms with Gasteiger partial charge in [-0.25, -0.2) is 8.42 Å². The predicted octanol–water partition coefficient (Wildman–Crippen LogP) is 3.17. The predicted molar refractivity (Wildman–Crippen MR) is 68.8 cm³/mol. The lowest BCUT2D eigenvalue weighted by Crippen LogP contribution is -2.28. The van der Waals surface area contributed by atoms with Crippen LogP contribution in [0.1, 0.15) is 19.3 Å². The molecule has 2 aromatic rings. The lowest BCUT2D eigenvalue weighted by Gasteiger charge is -2.25. The van der Waals surface area contributed by atoms with Crippen LogP contribution in [0.15, 0.2) is 47.4 Å². The second kappa shape index (κ2) is 3.84. The number of fused-ring (bicyclic) bond motifs is 1. The van der Waals surface area contributed by atoms with Crippen LogP contribution < -0.4 is 0 Å². The Morgan fingerprint density at radius 1 is 0.941 bits per heavy atom. The molecule has 17 heavy (non-hydrogen) atoms. The minimum absolute atomic E-state index is 0.159. The van der Waals surface area contributed by atoms with Crippen molar-refractivity contribution in [2.45, 2.75) is 29.4 Å². The molecule has 0 spiro atoms. The summed E-state index contributed by atoms with van der Waals surface area (Å²) < 4.78 is 24.9. The van der Waals surface area contributed by atoms with E-state index in [0.717, 1.165) is 30.0 Å². The summed E-state index contributed by atoms with van der Waals surface area (Å²) in [7, 11) is -3.13. The Morgan fingerprint density at radius 2 is 1.65 bits per heavy atom. The fourth-order valence-corrected chi connectivity index (χ4v) is 4.38. The fraction of sp³-hybridized carbons (Fsp3) is 0.286. The summed E-state index contributed by atoms with van der Waals surface area (Å²) in [6.45, 7) is 0. The van der Waals surface area contributed by atoms with E-state index in [1.165, 1.54) is 0 Å². The number of hydrogen-bond donors (Lipinski definition) is 0. The van der Waals surface area contributed by atoms with E-state index in [2.05, 4.69) is 0 Å². The summed E-state index contributed by atoms with van der Waals surface area (Å²) in [5.74, 6) is 0. The first-order valence-electron chi connectivity index (χ1n) is 5.91. The highest BCUT2D eigenvalue weighted by atomic mass is 32.2. The Balaban J connectivity index is 2.23. The lowest BCUT2D eigenvalue weighted by atomic mass is 10.00. The van der Waals surface area contributed by atoms with Crippen LogP contribution >= 0.6 is 0 Å². The van der Waals surface area contributed by atoms with Crippen LogP contribution in [0.25, 0.3) is 10.8 Å². The lowest BCUT2D eigenvalue weighted by molar-refractivity contribution is 0.477. The van der Waals surface area contributed by atoms with Crippen molar-refractivity contribution in [1.29, 1.82) is 0 Å². The van der Waals surface area contributed by atoms with Crippen LogP contribution in [0.3, 0.4) is 0 Å². The second-order valence-corrected chi connectivity index (χ2v) is 6.77. The van der Waals surface area contributed by atoms with Crippen LogP contribution in [0, 0.1) is 0 Å². The minimum Gasteiger partial charge on any atom is -0.223 e.